The first-order valence-electron chi connectivity index (χ1n) is 11.0. The lowest BCUT2D eigenvalue weighted by Crippen LogP contribution is -2.40. The maximum absolute atomic E-state index is 12.8. The van der Waals surface area contributed by atoms with Gasteiger partial charge in [-0.05, 0) is 48.1 Å². The van der Waals surface area contributed by atoms with Gasteiger partial charge in [0.05, 0.1) is 11.9 Å². The molecule has 0 N–H and O–H groups in total. The number of hydrogen-bond donors (Lipinski definition) is 0. The molecule has 1 aliphatic heterocycles. The van der Waals surface area contributed by atoms with E-state index >= 15 is 0 Å². The zero-order valence-electron chi connectivity index (χ0n) is 18.0. The Bertz CT molecular complexity index is 1040. The van der Waals surface area contributed by atoms with Gasteiger partial charge in [0, 0.05) is 44.7 Å². The van der Waals surface area contributed by atoms with Crippen LogP contribution in [0.5, 0.6) is 0 Å². The fraction of sp³-hybridized carbons (Fsp3) is 0.346. The first kappa shape index (κ1) is 21.0. The third-order valence-corrected chi connectivity index (χ3v) is 6.14. The quantitative estimate of drug-likeness (QED) is 0.610. The van der Waals surface area contributed by atoms with Gasteiger partial charge in [-0.25, -0.2) is 0 Å². The minimum atomic E-state index is 0.167. The molecule has 2 amide bonds. The Balaban J connectivity index is 1.24. The summed E-state index contributed by atoms with van der Waals surface area (Å²) in [7, 11) is 1.87. The molecule has 1 saturated heterocycles. The van der Waals surface area contributed by atoms with Crippen LogP contribution in [-0.2, 0) is 22.6 Å². The maximum Gasteiger partial charge on any atom is 0.226 e. The van der Waals surface area contributed by atoms with Gasteiger partial charge in [-0.3, -0.25) is 14.6 Å². The first-order valence-corrected chi connectivity index (χ1v) is 11.0. The van der Waals surface area contributed by atoms with Gasteiger partial charge in [0.2, 0.25) is 11.8 Å². The highest BCUT2D eigenvalue weighted by molar-refractivity contribution is 5.80. The van der Waals surface area contributed by atoms with Crippen molar-refractivity contribution in [2.24, 2.45) is 5.92 Å². The SMILES string of the molecule is CN(Cc1ccc2ncccc2c1)C(=O)CC1CCN(C(=O)Cc2ccccc2)CC1. The van der Waals surface area contributed by atoms with Crippen molar-refractivity contribution in [3.05, 3.63) is 78.0 Å². The molecule has 5 heteroatoms. The number of nitrogens with zero attached hydrogens (tertiary/aromatic N) is 3. The monoisotopic (exact) mass is 415 g/mol. The molecule has 1 fully saturated rings. The molecular formula is C26H29N3O2. The first-order chi connectivity index (χ1) is 15.1. The summed E-state index contributed by atoms with van der Waals surface area (Å²) in [6.45, 7) is 2.08. The summed E-state index contributed by atoms with van der Waals surface area (Å²) in [5.41, 5.74) is 3.13. The third-order valence-electron chi connectivity index (χ3n) is 6.14. The summed E-state index contributed by atoms with van der Waals surface area (Å²) >= 11 is 0. The number of hydrogen-bond acceptors (Lipinski definition) is 3. The molecule has 160 valence electrons. The second-order valence-electron chi connectivity index (χ2n) is 8.47. The molecule has 0 atom stereocenters. The molecule has 0 spiro atoms. The van der Waals surface area contributed by atoms with Gasteiger partial charge in [0.25, 0.3) is 0 Å². The summed E-state index contributed by atoms with van der Waals surface area (Å²) < 4.78 is 0. The molecule has 0 radical (unpaired) electrons. The van der Waals surface area contributed by atoms with Gasteiger partial charge >= 0.3 is 0 Å². The van der Waals surface area contributed by atoms with Crippen molar-refractivity contribution in [3.63, 3.8) is 0 Å². The number of fused-ring (bicyclic) bond motifs is 1. The van der Waals surface area contributed by atoms with Gasteiger partial charge in [-0.2, -0.15) is 0 Å². The summed E-state index contributed by atoms with van der Waals surface area (Å²) in [5, 5.41) is 1.09. The van der Waals surface area contributed by atoms with E-state index in [9.17, 15) is 9.59 Å². The van der Waals surface area contributed by atoms with Crippen molar-refractivity contribution in [1.29, 1.82) is 0 Å². The molecule has 5 nitrogen and oxygen atoms in total. The Morgan fingerprint density at radius 2 is 1.77 bits per heavy atom. The molecular weight excluding hydrogens is 386 g/mol. The number of carbonyl (C=O) groups excluding carboxylic acids is 2. The zero-order valence-corrected chi connectivity index (χ0v) is 18.0. The largest absolute Gasteiger partial charge is 0.342 e. The molecule has 3 aromatic rings. The Labute approximate surface area is 183 Å². The number of benzene rings is 2. The predicted octanol–water partition coefficient (Wildman–Crippen LogP) is 4.06. The molecule has 2 heterocycles. The fourth-order valence-electron chi connectivity index (χ4n) is 4.26. The van der Waals surface area contributed by atoms with Crippen LogP contribution < -0.4 is 0 Å². The van der Waals surface area contributed by atoms with Crippen LogP contribution in [0.25, 0.3) is 10.9 Å². The van der Waals surface area contributed by atoms with Crippen molar-refractivity contribution in [3.8, 4) is 0 Å². The summed E-state index contributed by atoms with van der Waals surface area (Å²) in [6, 6.07) is 20.0. The molecule has 0 aliphatic carbocycles. The van der Waals surface area contributed by atoms with E-state index in [1.807, 2.05) is 71.4 Å². The second kappa shape index (κ2) is 9.73. The van der Waals surface area contributed by atoms with Gasteiger partial charge in [0.15, 0.2) is 0 Å². The number of carbonyl (C=O) groups is 2. The molecule has 31 heavy (non-hydrogen) atoms. The second-order valence-corrected chi connectivity index (χ2v) is 8.47. The Kier molecular flexibility index (Phi) is 6.60. The smallest absolute Gasteiger partial charge is 0.226 e. The number of aromatic nitrogens is 1. The lowest BCUT2D eigenvalue weighted by Gasteiger charge is -2.32. The Morgan fingerprint density at radius 3 is 2.55 bits per heavy atom. The highest BCUT2D eigenvalue weighted by Crippen LogP contribution is 2.23. The molecule has 0 bridgehead atoms. The minimum Gasteiger partial charge on any atom is -0.342 e. The number of likely N-dealkylation sites (tertiary alicyclic amines) is 1. The lowest BCUT2D eigenvalue weighted by atomic mass is 9.92. The van der Waals surface area contributed by atoms with E-state index in [2.05, 4.69) is 11.1 Å². The molecule has 0 unspecified atom stereocenters. The lowest BCUT2D eigenvalue weighted by molar-refractivity contribution is -0.133. The average molecular weight is 416 g/mol. The highest BCUT2D eigenvalue weighted by atomic mass is 16.2. The Morgan fingerprint density at radius 1 is 1.00 bits per heavy atom. The van der Waals surface area contributed by atoms with E-state index in [4.69, 9.17) is 0 Å². The van der Waals surface area contributed by atoms with Gasteiger partial charge in [-0.1, -0.05) is 42.5 Å². The number of piperidine rings is 1. The average Bonchev–Trinajstić information content (AvgIpc) is 2.80. The van der Waals surface area contributed by atoms with Crippen LogP contribution in [0.3, 0.4) is 0 Å². The maximum atomic E-state index is 12.8. The van der Waals surface area contributed by atoms with Gasteiger partial charge < -0.3 is 9.80 Å². The van der Waals surface area contributed by atoms with Crippen LogP contribution in [-0.4, -0.2) is 46.7 Å². The van der Waals surface area contributed by atoms with E-state index in [-0.39, 0.29) is 11.8 Å². The van der Waals surface area contributed by atoms with Crippen LogP contribution >= 0.6 is 0 Å². The third kappa shape index (κ3) is 5.48. The van der Waals surface area contributed by atoms with Crippen molar-refractivity contribution in [2.75, 3.05) is 20.1 Å². The van der Waals surface area contributed by atoms with Crippen molar-refractivity contribution in [2.45, 2.75) is 32.2 Å². The molecule has 0 saturated carbocycles. The fourth-order valence-corrected chi connectivity index (χ4v) is 4.26. The van der Waals surface area contributed by atoms with E-state index in [1.54, 1.807) is 6.20 Å². The number of amides is 2. The summed E-state index contributed by atoms with van der Waals surface area (Å²) in [6.07, 6.45) is 4.57. The zero-order chi connectivity index (χ0) is 21.6. The highest BCUT2D eigenvalue weighted by Gasteiger charge is 2.25. The number of pyridine rings is 1. The topological polar surface area (TPSA) is 53.5 Å². The van der Waals surface area contributed by atoms with Gasteiger partial charge in [-0.15, -0.1) is 0 Å². The van der Waals surface area contributed by atoms with Crippen molar-refractivity contribution >= 4 is 22.7 Å². The van der Waals surface area contributed by atoms with Crippen LogP contribution in [0.1, 0.15) is 30.4 Å². The van der Waals surface area contributed by atoms with Crippen molar-refractivity contribution in [1.82, 2.24) is 14.8 Å². The molecule has 4 rings (SSSR count). The van der Waals surface area contributed by atoms with E-state index in [0.29, 0.717) is 25.3 Å². The normalized spacial score (nSPS) is 14.5. The van der Waals surface area contributed by atoms with E-state index in [1.165, 1.54) is 0 Å². The van der Waals surface area contributed by atoms with Crippen LogP contribution in [0.4, 0.5) is 0 Å². The standard InChI is InChI=1S/C26H29N3O2/c1-28(19-22-9-10-24-23(16-22)8-5-13-27-24)25(30)17-21-11-14-29(15-12-21)26(31)18-20-6-3-2-4-7-20/h2-10,13,16,21H,11-12,14-15,17-19H2,1H3. The van der Waals surface area contributed by atoms with Gasteiger partial charge in [0.1, 0.15) is 0 Å². The molecule has 1 aromatic heterocycles. The molecule has 2 aromatic carbocycles. The van der Waals surface area contributed by atoms with E-state index in [0.717, 1.165) is 48.0 Å². The molecule has 1 aliphatic rings. The van der Waals surface area contributed by atoms with Crippen LogP contribution in [0.15, 0.2) is 66.9 Å². The summed E-state index contributed by atoms with van der Waals surface area (Å²) in [4.78, 5) is 33.4. The van der Waals surface area contributed by atoms with Crippen LogP contribution in [0, 0.1) is 5.92 Å². The Hall–Kier alpha value is -3.21. The number of rotatable bonds is 6. The minimum absolute atomic E-state index is 0.167. The van der Waals surface area contributed by atoms with E-state index < -0.39 is 0 Å². The predicted molar refractivity (Wildman–Crippen MR) is 122 cm³/mol. The summed E-state index contributed by atoms with van der Waals surface area (Å²) in [5.74, 6) is 0.691. The van der Waals surface area contributed by atoms with Crippen molar-refractivity contribution < 1.29 is 9.59 Å². The van der Waals surface area contributed by atoms with Crippen LogP contribution in [0.2, 0.25) is 0 Å².